The minimum Gasteiger partial charge on any atom is -0.309 e. The molecule has 1 unspecified atom stereocenters. The molecule has 0 saturated carbocycles. The fourth-order valence-electron chi connectivity index (χ4n) is 6.71. The molecule has 9 rings (SSSR count). The summed E-state index contributed by atoms with van der Waals surface area (Å²) in [5.74, 6) is 0.216. The molecule has 0 N–H and O–H groups in total. The Kier molecular flexibility index (Phi) is 5.55. The minimum absolute atomic E-state index is 0.216. The van der Waals surface area contributed by atoms with Crippen LogP contribution >= 0.6 is 22.7 Å². The van der Waals surface area contributed by atoms with E-state index in [4.69, 9.17) is 4.99 Å². The van der Waals surface area contributed by atoms with Gasteiger partial charge in [0.25, 0.3) is 0 Å². The molecule has 4 heteroatoms. The standard InChI is InChI=1S/C39H26N2S2/c1-24(25-20-21-30-29-13-4-7-18-35(29)42-37(30)22-25)40-23-26-10-8-14-31-38-34(17-9-19-36(38)43-39(26)31)41-32-15-5-2-11-27(32)28-12-3-6-16-33(28)41/h2-9,11-23,26H,1,10H2/b40-23+. The second-order valence-corrected chi connectivity index (χ2v) is 13.3. The van der Waals surface area contributed by atoms with Crippen molar-refractivity contribution in [3.63, 3.8) is 0 Å². The van der Waals surface area contributed by atoms with Crippen molar-refractivity contribution in [2.75, 3.05) is 0 Å². The van der Waals surface area contributed by atoms with Crippen LogP contribution in [0.5, 0.6) is 0 Å². The third-order valence-electron chi connectivity index (χ3n) is 8.71. The van der Waals surface area contributed by atoms with E-state index in [1.165, 1.54) is 68.2 Å². The topological polar surface area (TPSA) is 17.3 Å². The van der Waals surface area contributed by atoms with E-state index in [1.807, 2.05) is 22.7 Å². The zero-order valence-electron chi connectivity index (χ0n) is 23.3. The molecule has 1 atom stereocenters. The number of aliphatic imine (C=N–C) groups is 1. The number of para-hydroxylation sites is 2. The van der Waals surface area contributed by atoms with Gasteiger partial charge in [-0.25, -0.2) is 0 Å². The van der Waals surface area contributed by atoms with Crippen LogP contribution in [0.15, 0.2) is 127 Å². The Morgan fingerprint density at radius 1 is 0.721 bits per heavy atom. The molecule has 2 nitrogen and oxygen atoms in total. The maximum absolute atomic E-state index is 4.95. The Bertz CT molecular complexity index is 2410. The van der Waals surface area contributed by atoms with Gasteiger partial charge in [-0.15, -0.1) is 22.7 Å². The summed E-state index contributed by atoms with van der Waals surface area (Å²) in [5, 5.41) is 6.50. The van der Waals surface area contributed by atoms with Crippen LogP contribution in [0.25, 0.3) is 69.5 Å². The number of hydrogen-bond acceptors (Lipinski definition) is 3. The number of nitrogens with zero attached hydrogens (tertiary/aromatic N) is 2. The van der Waals surface area contributed by atoms with Crippen molar-refractivity contribution < 1.29 is 0 Å². The van der Waals surface area contributed by atoms with Crippen molar-refractivity contribution in [2.45, 2.75) is 12.3 Å². The monoisotopic (exact) mass is 586 g/mol. The average molecular weight is 587 g/mol. The van der Waals surface area contributed by atoms with Gasteiger partial charge in [0.2, 0.25) is 0 Å². The van der Waals surface area contributed by atoms with Crippen molar-refractivity contribution in [3.05, 3.63) is 138 Å². The van der Waals surface area contributed by atoms with Gasteiger partial charge in [0.1, 0.15) is 0 Å². The summed E-state index contributed by atoms with van der Waals surface area (Å²) in [4.78, 5) is 6.33. The van der Waals surface area contributed by atoms with Gasteiger partial charge in [0, 0.05) is 63.6 Å². The lowest BCUT2D eigenvalue weighted by Gasteiger charge is -2.16. The van der Waals surface area contributed by atoms with Crippen LogP contribution in [-0.4, -0.2) is 10.8 Å². The molecular formula is C39H26N2S2. The number of fused-ring (bicyclic) bond motifs is 9. The van der Waals surface area contributed by atoms with Crippen molar-refractivity contribution in [2.24, 2.45) is 4.99 Å². The van der Waals surface area contributed by atoms with E-state index < -0.39 is 0 Å². The number of hydrogen-bond donors (Lipinski definition) is 0. The summed E-state index contributed by atoms with van der Waals surface area (Å²) in [7, 11) is 0. The van der Waals surface area contributed by atoms with Gasteiger partial charge in [-0.3, -0.25) is 4.99 Å². The Labute approximate surface area is 257 Å². The Hall–Kier alpha value is -4.77. The van der Waals surface area contributed by atoms with Crippen LogP contribution in [0.2, 0.25) is 0 Å². The molecule has 3 aromatic heterocycles. The van der Waals surface area contributed by atoms with Gasteiger partial charge < -0.3 is 4.57 Å². The first-order valence-corrected chi connectivity index (χ1v) is 16.2. The lowest BCUT2D eigenvalue weighted by Crippen LogP contribution is -2.03. The Morgan fingerprint density at radius 3 is 2.23 bits per heavy atom. The molecule has 3 heterocycles. The second-order valence-electron chi connectivity index (χ2n) is 11.2. The molecule has 0 saturated heterocycles. The first-order valence-electron chi connectivity index (χ1n) is 14.6. The van der Waals surface area contributed by atoms with E-state index >= 15 is 0 Å². The summed E-state index contributed by atoms with van der Waals surface area (Å²) >= 11 is 3.73. The predicted octanol–water partition coefficient (Wildman–Crippen LogP) is 11.6. The summed E-state index contributed by atoms with van der Waals surface area (Å²) < 4.78 is 6.34. The lowest BCUT2D eigenvalue weighted by molar-refractivity contribution is 0.938. The fourth-order valence-corrected chi connectivity index (χ4v) is 9.14. The van der Waals surface area contributed by atoms with E-state index in [9.17, 15) is 0 Å². The number of rotatable bonds is 4. The fraction of sp³-hybridized carbons (Fsp3) is 0.0513. The van der Waals surface area contributed by atoms with Crippen molar-refractivity contribution >= 4 is 92.7 Å². The highest BCUT2D eigenvalue weighted by molar-refractivity contribution is 7.25. The van der Waals surface area contributed by atoms with Crippen LogP contribution < -0.4 is 0 Å². The zero-order valence-corrected chi connectivity index (χ0v) is 25.0. The minimum atomic E-state index is 0.216. The summed E-state index contributed by atoms with van der Waals surface area (Å²) in [5.41, 5.74) is 6.91. The average Bonchev–Trinajstić information content (AvgIpc) is 3.73. The van der Waals surface area contributed by atoms with Crippen LogP contribution in [0.4, 0.5) is 0 Å². The van der Waals surface area contributed by atoms with Gasteiger partial charge in [-0.05, 0) is 48.4 Å². The van der Waals surface area contributed by atoms with Gasteiger partial charge in [0.15, 0.2) is 0 Å². The van der Waals surface area contributed by atoms with Crippen LogP contribution in [0.1, 0.15) is 28.3 Å². The number of aromatic nitrogens is 1. The molecule has 204 valence electrons. The zero-order chi connectivity index (χ0) is 28.5. The first kappa shape index (κ1) is 24.8. The van der Waals surface area contributed by atoms with Crippen LogP contribution in [0, 0.1) is 0 Å². The molecule has 5 aromatic carbocycles. The largest absolute Gasteiger partial charge is 0.309 e. The molecule has 0 aliphatic heterocycles. The van der Waals surface area contributed by atoms with E-state index in [1.54, 1.807) is 0 Å². The quantitative estimate of drug-likeness (QED) is 0.183. The van der Waals surface area contributed by atoms with Gasteiger partial charge in [-0.2, -0.15) is 0 Å². The third kappa shape index (κ3) is 3.80. The molecule has 0 fully saturated rings. The highest BCUT2D eigenvalue weighted by Gasteiger charge is 2.24. The lowest BCUT2D eigenvalue weighted by atomic mass is 9.93. The smallest absolute Gasteiger partial charge is 0.0627 e. The molecular weight excluding hydrogens is 561 g/mol. The van der Waals surface area contributed by atoms with Crippen molar-refractivity contribution in [1.82, 2.24) is 4.57 Å². The normalized spacial score (nSPS) is 15.0. The van der Waals surface area contributed by atoms with Gasteiger partial charge >= 0.3 is 0 Å². The molecule has 0 spiro atoms. The predicted molar refractivity (Wildman–Crippen MR) is 189 cm³/mol. The summed E-state index contributed by atoms with van der Waals surface area (Å²) in [6, 6.07) is 39.4. The maximum Gasteiger partial charge on any atom is 0.0627 e. The highest BCUT2D eigenvalue weighted by atomic mass is 32.1. The molecule has 0 radical (unpaired) electrons. The SMILES string of the molecule is C=C(/N=C/C1CC=Cc2c1sc1cccc(-n3c4ccccc4c4ccccc43)c21)c1ccc2c(c1)sc1ccccc12. The van der Waals surface area contributed by atoms with Gasteiger partial charge in [0.05, 0.1) is 22.4 Å². The molecule has 43 heavy (non-hydrogen) atoms. The van der Waals surface area contributed by atoms with E-state index in [0.717, 1.165) is 17.7 Å². The molecule has 1 aliphatic rings. The second kappa shape index (κ2) is 9.63. The van der Waals surface area contributed by atoms with E-state index in [2.05, 4.69) is 139 Å². The van der Waals surface area contributed by atoms with Crippen LogP contribution in [0.3, 0.4) is 0 Å². The molecule has 1 aliphatic carbocycles. The highest BCUT2D eigenvalue weighted by Crippen LogP contribution is 2.45. The summed E-state index contributed by atoms with van der Waals surface area (Å²) in [6.45, 7) is 4.36. The van der Waals surface area contributed by atoms with Gasteiger partial charge in [-0.1, -0.05) is 91.5 Å². The van der Waals surface area contributed by atoms with E-state index in [0.29, 0.717) is 0 Å². The first-order chi connectivity index (χ1) is 21.2. The Morgan fingerprint density at radius 2 is 1.42 bits per heavy atom. The molecule has 0 amide bonds. The molecule has 8 aromatic rings. The van der Waals surface area contributed by atoms with Crippen molar-refractivity contribution in [3.8, 4) is 5.69 Å². The third-order valence-corrected chi connectivity index (χ3v) is 11.1. The van der Waals surface area contributed by atoms with E-state index in [-0.39, 0.29) is 5.92 Å². The number of allylic oxidation sites excluding steroid dienone is 1. The molecule has 0 bridgehead atoms. The van der Waals surface area contributed by atoms with Crippen LogP contribution in [-0.2, 0) is 0 Å². The van der Waals surface area contributed by atoms with Crippen molar-refractivity contribution in [1.29, 1.82) is 0 Å². The Balaban J connectivity index is 1.12. The maximum atomic E-state index is 4.95. The number of thiophene rings is 2. The number of benzene rings is 5. The summed E-state index contributed by atoms with van der Waals surface area (Å²) in [6.07, 6.45) is 7.69.